The fourth-order valence-corrected chi connectivity index (χ4v) is 5.58. The van der Waals surface area contributed by atoms with Crippen molar-refractivity contribution >= 4 is 39.2 Å². The van der Waals surface area contributed by atoms with Gasteiger partial charge in [0.15, 0.2) is 0 Å². The number of ether oxygens (including phenoxy) is 3. The van der Waals surface area contributed by atoms with Gasteiger partial charge in [0, 0.05) is 18.0 Å². The van der Waals surface area contributed by atoms with Gasteiger partial charge >= 0.3 is 15.6 Å². The van der Waals surface area contributed by atoms with Crippen molar-refractivity contribution in [3.63, 3.8) is 0 Å². The summed E-state index contributed by atoms with van der Waals surface area (Å²) < 4.78 is 60.1. The largest absolute Gasteiger partial charge is 0.472 e. The maximum absolute atomic E-state index is 12.3. The lowest BCUT2D eigenvalue weighted by molar-refractivity contribution is -0.0310. The van der Waals surface area contributed by atoms with Gasteiger partial charge < -0.3 is 34.2 Å². The molecule has 11 unspecified atom stereocenters. The smallest absolute Gasteiger partial charge is 0.394 e. The van der Waals surface area contributed by atoms with Crippen molar-refractivity contribution < 1.29 is 61.4 Å². The van der Waals surface area contributed by atoms with Crippen molar-refractivity contribution in [3.05, 3.63) is 0 Å². The van der Waals surface area contributed by atoms with E-state index in [1.807, 2.05) is 0 Å². The molecule has 182 valence electrons. The van der Waals surface area contributed by atoms with Gasteiger partial charge in [0.1, 0.15) is 48.0 Å². The monoisotopic (exact) mass is 508 g/mol. The van der Waals surface area contributed by atoms with Gasteiger partial charge in [-0.15, -0.1) is 0 Å². The predicted octanol–water partition coefficient (Wildman–Crippen LogP) is -1.81. The predicted molar refractivity (Wildman–Crippen MR) is 111 cm³/mol. The maximum Gasteiger partial charge on any atom is 0.472 e. The summed E-state index contributed by atoms with van der Waals surface area (Å²) in [6.07, 6.45) is -5.73. The molecule has 0 aromatic carbocycles. The first-order valence-electron chi connectivity index (χ1n) is 10.2. The minimum absolute atomic E-state index is 0.0367. The van der Waals surface area contributed by atoms with Crippen molar-refractivity contribution in [1.82, 2.24) is 0 Å². The van der Waals surface area contributed by atoms with E-state index in [4.69, 9.17) is 55.8 Å². The molecule has 6 radical (unpaired) electrons. The van der Waals surface area contributed by atoms with E-state index in [9.17, 15) is 29.1 Å². The number of aliphatic hydroxyl groups is 2. The molecule has 0 amide bonds. The molecule has 3 fully saturated rings. The molecule has 3 aliphatic rings. The quantitative estimate of drug-likeness (QED) is 0.182. The summed E-state index contributed by atoms with van der Waals surface area (Å²) >= 11 is 0. The molecule has 0 bridgehead atoms. The maximum atomic E-state index is 12.3. The fourth-order valence-electron chi connectivity index (χ4n) is 3.64. The highest BCUT2D eigenvalue weighted by Crippen LogP contribution is 2.50. The van der Waals surface area contributed by atoms with E-state index in [0.717, 1.165) is 0 Å². The Hall–Kier alpha value is 0.215. The standard InChI is InChI=1S/C15H25B3O13P2/c16-11-2-1-7(27-11)5-25-33(23,24)31-14-10(29-15(18)13(14)20)6-26-32(21,22)30-8-3-12(17)28-9(8)4-19/h7-15,19-20H,1-6H2,(H,21,22)(H,23,24). The number of rotatable bonds is 11. The summed E-state index contributed by atoms with van der Waals surface area (Å²) in [5, 5.41) is 19.4. The molecule has 0 aromatic heterocycles. The molecular weight excluding hydrogens is 483 g/mol. The molecule has 0 spiro atoms. The van der Waals surface area contributed by atoms with E-state index in [2.05, 4.69) is 0 Å². The van der Waals surface area contributed by atoms with Crippen LogP contribution in [0.15, 0.2) is 0 Å². The molecular formula is C15H25B3O13P2. The molecule has 3 saturated heterocycles. The minimum atomic E-state index is -4.72. The molecule has 11 atom stereocenters. The van der Waals surface area contributed by atoms with Gasteiger partial charge in [-0.1, -0.05) is 0 Å². The third-order valence-corrected chi connectivity index (χ3v) is 7.27. The Kier molecular flexibility index (Phi) is 9.70. The van der Waals surface area contributed by atoms with Crippen LogP contribution in [-0.4, -0.2) is 118 Å². The van der Waals surface area contributed by atoms with E-state index in [1.165, 1.54) is 0 Å². The molecule has 4 N–H and O–H groups in total. The zero-order valence-corrected chi connectivity index (χ0v) is 19.3. The average Bonchev–Trinajstić information content (AvgIpc) is 3.38. The number of phosphoric ester groups is 2. The zero-order chi connectivity index (χ0) is 24.4. The molecule has 18 heteroatoms. The molecule has 0 aliphatic carbocycles. The van der Waals surface area contributed by atoms with Crippen LogP contribution in [0.25, 0.3) is 0 Å². The van der Waals surface area contributed by atoms with E-state index < -0.39 is 83.5 Å². The first kappa shape index (κ1) is 27.8. The Balaban J connectivity index is 1.54. The summed E-state index contributed by atoms with van der Waals surface area (Å²) in [6, 6.07) is -2.61. The van der Waals surface area contributed by atoms with E-state index in [1.54, 1.807) is 0 Å². The van der Waals surface area contributed by atoms with Crippen LogP contribution in [0.4, 0.5) is 0 Å². The van der Waals surface area contributed by atoms with Gasteiger partial charge in [-0.25, -0.2) is 9.13 Å². The lowest BCUT2D eigenvalue weighted by Crippen LogP contribution is -2.37. The Bertz CT molecular complexity index is 750. The van der Waals surface area contributed by atoms with Crippen LogP contribution in [0.3, 0.4) is 0 Å². The summed E-state index contributed by atoms with van der Waals surface area (Å²) in [7, 11) is 7.36. The van der Waals surface area contributed by atoms with Crippen molar-refractivity contribution in [1.29, 1.82) is 0 Å². The fraction of sp³-hybridized carbons (Fsp3) is 1.00. The normalized spacial score (nSPS) is 42.8. The summed E-state index contributed by atoms with van der Waals surface area (Å²) in [4.78, 5) is 20.0. The summed E-state index contributed by atoms with van der Waals surface area (Å²) in [5.74, 6) is 0. The van der Waals surface area contributed by atoms with Crippen LogP contribution in [0.1, 0.15) is 19.3 Å². The Morgan fingerprint density at radius 1 is 0.879 bits per heavy atom. The molecule has 3 heterocycles. The molecule has 3 aliphatic heterocycles. The van der Waals surface area contributed by atoms with Crippen molar-refractivity contribution in [2.75, 3.05) is 19.8 Å². The second-order valence-corrected chi connectivity index (χ2v) is 10.7. The van der Waals surface area contributed by atoms with Crippen LogP contribution in [0.5, 0.6) is 0 Å². The van der Waals surface area contributed by atoms with Crippen molar-refractivity contribution in [2.45, 2.75) is 73.9 Å². The minimum Gasteiger partial charge on any atom is -0.394 e. The molecule has 13 nitrogen and oxygen atoms in total. The highest BCUT2D eigenvalue weighted by molar-refractivity contribution is 7.47. The highest BCUT2D eigenvalue weighted by Gasteiger charge is 2.47. The first-order chi connectivity index (χ1) is 15.4. The average molecular weight is 508 g/mol. The van der Waals surface area contributed by atoms with E-state index in [-0.39, 0.29) is 13.0 Å². The van der Waals surface area contributed by atoms with Crippen LogP contribution >= 0.6 is 15.6 Å². The van der Waals surface area contributed by atoms with Crippen LogP contribution < -0.4 is 0 Å². The van der Waals surface area contributed by atoms with Crippen molar-refractivity contribution in [2.24, 2.45) is 0 Å². The first-order valence-corrected chi connectivity index (χ1v) is 13.2. The number of phosphoric acid groups is 2. The number of aliphatic hydroxyl groups excluding tert-OH is 2. The lowest BCUT2D eigenvalue weighted by Gasteiger charge is -2.25. The van der Waals surface area contributed by atoms with Gasteiger partial charge in [0.05, 0.1) is 32.0 Å². The number of hydrogen-bond acceptors (Lipinski definition) is 11. The molecule has 0 saturated carbocycles. The SMILES string of the molecule is [B]C1CCC(COP(=O)(O)OC2C(COP(=O)(O)OC3CC([B])OC3CO)OC([B])C2O)O1. The third-order valence-electron chi connectivity index (χ3n) is 5.27. The van der Waals surface area contributed by atoms with Crippen LogP contribution in [0, 0.1) is 0 Å². The molecule has 3 rings (SSSR count). The van der Waals surface area contributed by atoms with Gasteiger partial charge in [0.25, 0.3) is 0 Å². The van der Waals surface area contributed by atoms with Gasteiger partial charge in [-0.05, 0) is 19.3 Å². The second kappa shape index (κ2) is 11.5. The van der Waals surface area contributed by atoms with Crippen LogP contribution in [0.2, 0.25) is 0 Å². The van der Waals surface area contributed by atoms with E-state index >= 15 is 0 Å². The van der Waals surface area contributed by atoms with Gasteiger partial charge in [-0.3, -0.25) is 18.1 Å². The molecule has 33 heavy (non-hydrogen) atoms. The highest BCUT2D eigenvalue weighted by atomic mass is 31.2. The summed E-state index contributed by atoms with van der Waals surface area (Å²) in [5.41, 5.74) is 0. The summed E-state index contributed by atoms with van der Waals surface area (Å²) in [6.45, 7) is -1.48. The zero-order valence-electron chi connectivity index (χ0n) is 17.5. The second-order valence-electron chi connectivity index (χ2n) is 7.88. The third kappa shape index (κ3) is 7.85. The molecule has 0 aromatic rings. The van der Waals surface area contributed by atoms with E-state index in [0.29, 0.717) is 12.8 Å². The van der Waals surface area contributed by atoms with Gasteiger partial charge in [0.2, 0.25) is 0 Å². The number of hydrogen-bond donors (Lipinski definition) is 4. The topological polar surface area (TPSA) is 180 Å². The lowest BCUT2D eigenvalue weighted by atomic mass is 9.93. The Morgan fingerprint density at radius 2 is 1.55 bits per heavy atom. The van der Waals surface area contributed by atoms with Crippen molar-refractivity contribution in [3.8, 4) is 0 Å². The Labute approximate surface area is 194 Å². The van der Waals surface area contributed by atoms with Crippen LogP contribution in [-0.2, 0) is 41.4 Å². The Morgan fingerprint density at radius 3 is 2.18 bits per heavy atom. The van der Waals surface area contributed by atoms with Gasteiger partial charge in [-0.2, -0.15) is 0 Å².